The summed E-state index contributed by atoms with van der Waals surface area (Å²) in [5.41, 5.74) is 0.0319. The van der Waals surface area contributed by atoms with Crippen LogP contribution in [0.5, 0.6) is 0 Å². The largest absolute Gasteiger partial charge is 0.381 e. The second kappa shape index (κ2) is 12.9. The molecule has 2 heteroatoms. The molecule has 0 fully saturated rings. The van der Waals surface area contributed by atoms with Crippen molar-refractivity contribution in [2.24, 2.45) is 11.8 Å². The minimum Gasteiger partial charge on any atom is -0.381 e. The first-order valence-electron chi connectivity index (χ1n) is 8.05. The fraction of sp³-hybridized carbons (Fsp3) is 1.00. The molecule has 0 heterocycles. The van der Waals surface area contributed by atoms with Gasteiger partial charge < -0.3 is 9.47 Å². The summed E-state index contributed by atoms with van der Waals surface area (Å²) in [5.74, 6) is 1.31. The van der Waals surface area contributed by atoms with Crippen LogP contribution in [-0.4, -0.2) is 25.4 Å². The van der Waals surface area contributed by atoms with Crippen molar-refractivity contribution in [1.82, 2.24) is 0 Å². The van der Waals surface area contributed by atoms with Gasteiger partial charge in [0.1, 0.15) is 0 Å². The highest BCUT2D eigenvalue weighted by atomic mass is 16.5. The zero-order valence-electron chi connectivity index (χ0n) is 14.7. The Morgan fingerprint density at radius 2 is 1.21 bits per heavy atom. The molecule has 0 aliphatic rings. The summed E-state index contributed by atoms with van der Waals surface area (Å²) in [5, 5.41) is 0. The van der Waals surface area contributed by atoms with E-state index >= 15 is 0 Å². The molecule has 118 valence electrons. The molecular weight excluding hydrogens is 236 g/mol. The van der Waals surface area contributed by atoms with E-state index in [4.69, 9.17) is 9.47 Å². The molecule has 0 saturated carbocycles. The number of hydrogen-bond donors (Lipinski definition) is 0. The van der Waals surface area contributed by atoms with Gasteiger partial charge in [-0.05, 0) is 44.9 Å². The summed E-state index contributed by atoms with van der Waals surface area (Å²) in [6.07, 6.45) is 3.38. The fourth-order valence-electron chi connectivity index (χ4n) is 1.69. The van der Waals surface area contributed by atoms with Crippen LogP contribution in [0.2, 0.25) is 0 Å². The molecule has 0 aliphatic carbocycles. The molecule has 1 atom stereocenters. The van der Waals surface area contributed by atoms with Crippen LogP contribution in [0, 0.1) is 11.8 Å². The number of hydrogen-bond acceptors (Lipinski definition) is 2. The quantitative estimate of drug-likeness (QED) is 0.531. The second-order valence-electron chi connectivity index (χ2n) is 6.10. The van der Waals surface area contributed by atoms with Gasteiger partial charge in [-0.2, -0.15) is 0 Å². The molecule has 0 amide bonds. The zero-order valence-corrected chi connectivity index (χ0v) is 14.7. The Balaban J connectivity index is 0. The summed E-state index contributed by atoms with van der Waals surface area (Å²) >= 11 is 0. The van der Waals surface area contributed by atoms with Crippen LogP contribution in [0.25, 0.3) is 0 Å². The monoisotopic (exact) mass is 274 g/mol. The van der Waals surface area contributed by atoms with Gasteiger partial charge in [0.05, 0.1) is 5.60 Å². The SMILES string of the molecule is CCCOC(C)(C)C(C)C(C)C.CCCOCCC. The topological polar surface area (TPSA) is 18.5 Å². The number of rotatable bonds is 9. The molecular formula is C17H38O2. The molecule has 2 nitrogen and oxygen atoms in total. The molecule has 0 spiro atoms. The van der Waals surface area contributed by atoms with Crippen molar-refractivity contribution in [2.45, 2.75) is 80.3 Å². The zero-order chi connectivity index (χ0) is 15.3. The Morgan fingerprint density at radius 3 is 1.53 bits per heavy atom. The summed E-state index contributed by atoms with van der Waals surface area (Å²) in [6.45, 7) is 20.3. The third-order valence-electron chi connectivity index (χ3n) is 3.47. The van der Waals surface area contributed by atoms with E-state index in [9.17, 15) is 0 Å². The van der Waals surface area contributed by atoms with Gasteiger partial charge in [-0.25, -0.2) is 0 Å². The lowest BCUT2D eigenvalue weighted by Gasteiger charge is -2.34. The molecule has 0 radical (unpaired) electrons. The third kappa shape index (κ3) is 12.7. The standard InChI is InChI=1S/C11H24O.C6H14O/c1-7-8-12-11(5,6)10(4)9(2)3;1-3-5-7-6-4-2/h9-10H,7-8H2,1-6H3;3-6H2,1-2H3. The first-order chi connectivity index (χ1) is 8.83. The van der Waals surface area contributed by atoms with Gasteiger partial charge in [0.25, 0.3) is 0 Å². The molecule has 19 heavy (non-hydrogen) atoms. The first kappa shape index (κ1) is 21.2. The van der Waals surface area contributed by atoms with Gasteiger partial charge in [0.15, 0.2) is 0 Å². The minimum atomic E-state index is 0.0319. The van der Waals surface area contributed by atoms with Crippen LogP contribution < -0.4 is 0 Å². The lowest BCUT2D eigenvalue weighted by molar-refractivity contribution is -0.0672. The van der Waals surface area contributed by atoms with Gasteiger partial charge in [0.2, 0.25) is 0 Å². The van der Waals surface area contributed by atoms with Crippen molar-refractivity contribution >= 4 is 0 Å². The van der Waals surface area contributed by atoms with Crippen molar-refractivity contribution in [3.05, 3.63) is 0 Å². The molecule has 0 saturated heterocycles. The first-order valence-corrected chi connectivity index (χ1v) is 8.05. The van der Waals surface area contributed by atoms with E-state index in [0.29, 0.717) is 11.8 Å². The molecule has 0 rings (SSSR count). The van der Waals surface area contributed by atoms with Crippen LogP contribution in [-0.2, 0) is 9.47 Å². The Hall–Kier alpha value is -0.0800. The van der Waals surface area contributed by atoms with Crippen molar-refractivity contribution in [2.75, 3.05) is 19.8 Å². The van der Waals surface area contributed by atoms with E-state index in [1.807, 2.05) is 0 Å². The van der Waals surface area contributed by atoms with Crippen LogP contribution in [0.15, 0.2) is 0 Å². The van der Waals surface area contributed by atoms with Crippen molar-refractivity contribution in [3.63, 3.8) is 0 Å². The second-order valence-corrected chi connectivity index (χ2v) is 6.10. The van der Waals surface area contributed by atoms with Crippen LogP contribution in [0.1, 0.15) is 74.7 Å². The van der Waals surface area contributed by atoms with Crippen LogP contribution in [0.3, 0.4) is 0 Å². The predicted molar refractivity (Wildman–Crippen MR) is 85.7 cm³/mol. The lowest BCUT2D eigenvalue weighted by Crippen LogP contribution is -2.36. The maximum absolute atomic E-state index is 5.80. The minimum absolute atomic E-state index is 0.0319. The average molecular weight is 274 g/mol. The Kier molecular flexibility index (Phi) is 14.4. The highest BCUT2D eigenvalue weighted by Gasteiger charge is 2.28. The molecule has 0 aromatic heterocycles. The van der Waals surface area contributed by atoms with E-state index in [1.54, 1.807) is 0 Å². The smallest absolute Gasteiger partial charge is 0.0654 e. The summed E-state index contributed by atoms with van der Waals surface area (Å²) in [7, 11) is 0. The average Bonchev–Trinajstić information content (AvgIpc) is 2.37. The summed E-state index contributed by atoms with van der Waals surface area (Å²) in [4.78, 5) is 0. The number of ether oxygens (including phenoxy) is 2. The van der Waals surface area contributed by atoms with E-state index in [-0.39, 0.29) is 5.60 Å². The van der Waals surface area contributed by atoms with Gasteiger partial charge in [0, 0.05) is 19.8 Å². The van der Waals surface area contributed by atoms with E-state index in [1.165, 1.54) is 0 Å². The van der Waals surface area contributed by atoms with Gasteiger partial charge >= 0.3 is 0 Å². The van der Waals surface area contributed by atoms with Crippen LogP contribution in [0.4, 0.5) is 0 Å². The normalized spacial score (nSPS) is 13.1. The molecule has 0 aliphatic heterocycles. The molecule has 1 unspecified atom stereocenters. The maximum Gasteiger partial charge on any atom is 0.0654 e. The predicted octanol–water partition coefficient (Wildman–Crippen LogP) is 5.31. The van der Waals surface area contributed by atoms with E-state index < -0.39 is 0 Å². The van der Waals surface area contributed by atoms with E-state index in [2.05, 4.69) is 55.4 Å². The molecule has 0 bridgehead atoms. The molecule has 0 N–H and O–H groups in total. The van der Waals surface area contributed by atoms with E-state index in [0.717, 1.165) is 39.1 Å². The van der Waals surface area contributed by atoms with Crippen molar-refractivity contribution in [1.29, 1.82) is 0 Å². The molecule has 0 aromatic rings. The maximum atomic E-state index is 5.80. The lowest BCUT2D eigenvalue weighted by atomic mass is 9.83. The van der Waals surface area contributed by atoms with Crippen molar-refractivity contribution < 1.29 is 9.47 Å². The Labute approximate surface area is 122 Å². The van der Waals surface area contributed by atoms with Gasteiger partial charge in [-0.1, -0.05) is 41.5 Å². The van der Waals surface area contributed by atoms with Crippen molar-refractivity contribution in [3.8, 4) is 0 Å². The highest BCUT2D eigenvalue weighted by molar-refractivity contribution is 4.78. The Morgan fingerprint density at radius 1 is 0.789 bits per heavy atom. The highest BCUT2D eigenvalue weighted by Crippen LogP contribution is 2.27. The summed E-state index contributed by atoms with van der Waals surface area (Å²) < 4.78 is 10.9. The van der Waals surface area contributed by atoms with Gasteiger partial charge in [-0.15, -0.1) is 0 Å². The van der Waals surface area contributed by atoms with Crippen LogP contribution >= 0.6 is 0 Å². The van der Waals surface area contributed by atoms with Gasteiger partial charge in [-0.3, -0.25) is 0 Å². The third-order valence-corrected chi connectivity index (χ3v) is 3.47. The summed E-state index contributed by atoms with van der Waals surface area (Å²) in [6, 6.07) is 0. The molecule has 0 aromatic carbocycles. The fourth-order valence-corrected chi connectivity index (χ4v) is 1.69. The Bertz CT molecular complexity index is 172.